The van der Waals surface area contributed by atoms with Crippen molar-refractivity contribution in [3.8, 4) is 0 Å². The Morgan fingerprint density at radius 3 is 2.43 bits per heavy atom. The number of aldehydes is 1. The van der Waals surface area contributed by atoms with Gasteiger partial charge in [0.25, 0.3) is 0 Å². The van der Waals surface area contributed by atoms with Crippen LogP contribution in [0.2, 0.25) is 0 Å². The number of benzene rings is 2. The van der Waals surface area contributed by atoms with Gasteiger partial charge in [0.2, 0.25) is 0 Å². The lowest BCUT2D eigenvalue weighted by Gasteiger charge is -2.13. The van der Waals surface area contributed by atoms with Gasteiger partial charge in [-0.15, -0.1) is 0 Å². The van der Waals surface area contributed by atoms with Gasteiger partial charge in [0.15, 0.2) is 12.1 Å². The van der Waals surface area contributed by atoms with Gasteiger partial charge in [0, 0.05) is 0 Å². The highest BCUT2D eigenvalue weighted by atomic mass is 16.1. The molecule has 2 aromatic carbocycles. The van der Waals surface area contributed by atoms with Crippen molar-refractivity contribution in [2.45, 2.75) is 27.3 Å². The van der Waals surface area contributed by atoms with E-state index >= 15 is 0 Å². The van der Waals surface area contributed by atoms with Crippen LogP contribution in [0.5, 0.6) is 0 Å². The highest BCUT2D eigenvalue weighted by molar-refractivity contribution is 5.83. The van der Waals surface area contributed by atoms with Crippen molar-refractivity contribution in [3.05, 3.63) is 64.5 Å². The summed E-state index contributed by atoms with van der Waals surface area (Å²) in [6, 6.07) is 12.2. The van der Waals surface area contributed by atoms with E-state index in [2.05, 4.69) is 37.9 Å². The molecule has 0 spiro atoms. The Hall–Kier alpha value is -2.42. The number of carbonyl (C=O) groups is 1. The number of aromatic nitrogens is 2. The minimum atomic E-state index is 0.482. The number of nitrogens with zero attached hydrogens (tertiary/aromatic N) is 2. The highest BCUT2D eigenvalue weighted by Crippen LogP contribution is 2.22. The normalized spacial score (nSPS) is 11.0. The SMILES string of the molecule is Cc1cc(C)c(Cn2c(C=O)nc3ccccc32)c(C)c1. The van der Waals surface area contributed by atoms with Crippen molar-refractivity contribution < 1.29 is 4.79 Å². The third kappa shape index (κ3) is 2.35. The van der Waals surface area contributed by atoms with E-state index in [1.807, 2.05) is 28.8 Å². The van der Waals surface area contributed by atoms with Crippen molar-refractivity contribution in [1.82, 2.24) is 9.55 Å². The smallest absolute Gasteiger partial charge is 0.185 e. The third-order valence-corrected chi connectivity index (χ3v) is 3.95. The fraction of sp³-hybridized carbons (Fsp3) is 0.222. The fourth-order valence-electron chi connectivity index (χ4n) is 2.97. The highest BCUT2D eigenvalue weighted by Gasteiger charge is 2.12. The lowest BCUT2D eigenvalue weighted by Crippen LogP contribution is -2.07. The first kappa shape index (κ1) is 13.6. The molecule has 1 aromatic heterocycles. The van der Waals surface area contributed by atoms with Gasteiger partial charge in [0.1, 0.15) is 0 Å². The Labute approximate surface area is 124 Å². The zero-order valence-corrected chi connectivity index (χ0v) is 12.6. The summed E-state index contributed by atoms with van der Waals surface area (Å²) in [5, 5.41) is 0. The van der Waals surface area contributed by atoms with E-state index in [4.69, 9.17) is 0 Å². The number of hydrogen-bond donors (Lipinski definition) is 0. The van der Waals surface area contributed by atoms with E-state index < -0.39 is 0 Å². The molecule has 3 heteroatoms. The molecule has 3 rings (SSSR count). The molecular weight excluding hydrogens is 260 g/mol. The van der Waals surface area contributed by atoms with Crippen LogP contribution in [0.4, 0.5) is 0 Å². The van der Waals surface area contributed by atoms with E-state index in [9.17, 15) is 4.79 Å². The molecule has 0 N–H and O–H groups in total. The average molecular weight is 278 g/mol. The van der Waals surface area contributed by atoms with Crippen molar-refractivity contribution >= 4 is 17.3 Å². The summed E-state index contributed by atoms with van der Waals surface area (Å²) in [6.45, 7) is 7.02. The van der Waals surface area contributed by atoms with Crippen LogP contribution < -0.4 is 0 Å². The van der Waals surface area contributed by atoms with Gasteiger partial charge in [-0.05, 0) is 49.6 Å². The molecule has 0 unspecified atom stereocenters. The first-order chi connectivity index (χ1) is 10.1. The zero-order valence-electron chi connectivity index (χ0n) is 12.6. The van der Waals surface area contributed by atoms with Crippen LogP contribution >= 0.6 is 0 Å². The van der Waals surface area contributed by atoms with Crippen molar-refractivity contribution in [2.24, 2.45) is 0 Å². The molecular formula is C18H18N2O. The Morgan fingerprint density at radius 2 is 1.76 bits per heavy atom. The molecule has 3 aromatic rings. The predicted octanol–water partition coefficient (Wildman–Crippen LogP) is 3.82. The molecule has 3 nitrogen and oxygen atoms in total. The largest absolute Gasteiger partial charge is 0.317 e. The van der Waals surface area contributed by atoms with E-state index in [0.29, 0.717) is 12.4 Å². The van der Waals surface area contributed by atoms with Crippen molar-refractivity contribution in [1.29, 1.82) is 0 Å². The van der Waals surface area contributed by atoms with Gasteiger partial charge < -0.3 is 4.57 Å². The van der Waals surface area contributed by atoms with Gasteiger partial charge in [-0.3, -0.25) is 4.79 Å². The fourth-order valence-corrected chi connectivity index (χ4v) is 2.97. The van der Waals surface area contributed by atoms with Crippen LogP contribution in [0.15, 0.2) is 36.4 Å². The van der Waals surface area contributed by atoms with Gasteiger partial charge in [0.05, 0.1) is 17.6 Å². The summed E-state index contributed by atoms with van der Waals surface area (Å²) in [4.78, 5) is 15.7. The molecule has 0 bridgehead atoms. The van der Waals surface area contributed by atoms with Crippen LogP contribution in [0, 0.1) is 20.8 Å². The maximum absolute atomic E-state index is 11.3. The van der Waals surface area contributed by atoms with Gasteiger partial charge in [-0.25, -0.2) is 4.98 Å². The van der Waals surface area contributed by atoms with E-state index in [1.165, 1.54) is 22.3 Å². The summed E-state index contributed by atoms with van der Waals surface area (Å²) in [6.07, 6.45) is 0.832. The molecule has 0 amide bonds. The van der Waals surface area contributed by atoms with E-state index in [1.54, 1.807) is 0 Å². The van der Waals surface area contributed by atoms with Gasteiger partial charge >= 0.3 is 0 Å². The molecule has 0 aliphatic carbocycles. The lowest BCUT2D eigenvalue weighted by atomic mass is 10.00. The maximum Gasteiger partial charge on any atom is 0.185 e. The summed E-state index contributed by atoms with van der Waals surface area (Å²) >= 11 is 0. The van der Waals surface area contributed by atoms with Crippen molar-refractivity contribution in [2.75, 3.05) is 0 Å². The standard InChI is InChI=1S/C18H18N2O/c1-12-8-13(2)15(14(3)9-12)10-20-17-7-5-4-6-16(17)19-18(20)11-21/h4-9,11H,10H2,1-3H3. The molecule has 1 heterocycles. The first-order valence-electron chi connectivity index (χ1n) is 7.07. The van der Waals surface area contributed by atoms with Crippen LogP contribution in [-0.2, 0) is 6.54 Å². The Bertz CT molecular complexity index is 807. The Kier molecular flexibility index (Phi) is 3.34. The minimum Gasteiger partial charge on any atom is -0.317 e. The first-order valence-corrected chi connectivity index (χ1v) is 7.07. The van der Waals surface area contributed by atoms with Crippen LogP contribution in [0.25, 0.3) is 11.0 Å². The number of rotatable bonds is 3. The van der Waals surface area contributed by atoms with Crippen LogP contribution in [0.3, 0.4) is 0 Å². The summed E-state index contributed by atoms with van der Waals surface area (Å²) in [7, 11) is 0. The molecule has 106 valence electrons. The molecule has 21 heavy (non-hydrogen) atoms. The zero-order chi connectivity index (χ0) is 15.0. The second kappa shape index (κ2) is 5.17. The number of para-hydroxylation sites is 2. The molecule has 0 fully saturated rings. The molecule has 0 aliphatic heterocycles. The molecule has 0 saturated carbocycles. The number of imidazole rings is 1. The predicted molar refractivity (Wildman–Crippen MR) is 84.9 cm³/mol. The summed E-state index contributed by atoms with van der Waals surface area (Å²) in [5.74, 6) is 0.482. The lowest BCUT2D eigenvalue weighted by molar-refractivity contribution is 0.111. The Morgan fingerprint density at radius 1 is 1.10 bits per heavy atom. The summed E-state index contributed by atoms with van der Waals surface area (Å²) in [5.41, 5.74) is 6.89. The van der Waals surface area contributed by atoms with Crippen LogP contribution in [-0.4, -0.2) is 15.8 Å². The molecule has 0 saturated heterocycles. The Balaban J connectivity index is 2.16. The number of hydrogen-bond acceptors (Lipinski definition) is 2. The monoisotopic (exact) mass is 278 g/mol. The second-order valence-corrected chi connectivity index (χ2v) is 5.54. The third-order valence-electron chi connectivity index (χ3n) is 3.95. The second-order valence-electron chi connectivity index (χ2n) is 5.54. The van der Waals surface area contributed by atoms with Crippen molar-refractivity contribution in [3.63, 3.8) is 0 Å². The molecule has 0 atom stereocenters. The number of aryl methyl sites for hydroxylation is 3. The molecule has 0 radical (unpaired) electrons. The quantitative estimate of drug-likeness (QED) is 0.683. The van der Waals surface area contributed by atoms with E-state index in [-0.39, 0.29) is 0 Å². The topological polar surface area (TPSA) is 34.9 Å². The number of carbonyl (C=O) groups excluding carboxylic acids is 1. The maximum atomic E-state index is 11.3. The molecule has 0 aliphatic rings. The van der Waals surface area contributed by atoms with Crippen LogP contribution in [0.1, 0.15) is 32.9 Å². The van der Waals surface area contributed by atoms with Gasteiger partial charge in [-0.2, -0.15) is 0 Å². The number of fused-ring (bicyclic) bond motifs is 1. The average Bonchev–Trinajstić information content (AvgIpc) is 2.80. The van der Waals surface area contributed by atoms with E-state index in [0.717, 1.165) is 17.3 Å². The van der Waals surface area contributed by atoms with Gasteiger partial charge in [-0.1, -0.05) is 29.8 Å². The minimum absolute atomic E-state index is 0.482. The summed E-state index contributed by atoms with van der Waals surface area (Å²) < 4.78 is 1.99.